The second kappa shape index (κ2) is 7.12. The number of aryl methyl sites for hydroxylation is 1. The Morgan fingerprint density at radius 2 is 1.97 bits per heavy atom. The minimum atomic E-state index is -1.23. The Bertz CT molecular complexity index is 1250. The number of aromatic nitrogens is 4. The van der Waals surface area contributed by atoms with E-state index < -0.39 is 17.7 Å². The fourth-order valence-electron chi connectivity index (χ4n) is 2.94. The first-order valence-corrected chi connectivity index (χ1v) is 8.54. The third kappa shape index (κ3) is 3.41. The fraction of sp³-hybridized carbons (Fsp3) is 0.0500. The van der Waals surface area contributed by atoms with Crippen LogP contribution in [0.1, 0.15) is 26.4 Å². The van der Waals surface area contributed by atoms with Gasteiger partial charge in [0.15, 0.2) is 5.82 Å². The first kappa shape index (κ1) is 18.2. The van der Waals surface area contributed by atoms with Crippen LogP contribution in [0, 0.1) is 12.7 Å². The molecule has 0 atom stereocenters. The van der Waals surface area contributed by atoms with E-state index in [2.05, 4.69) is 20.4 Å². The van der Waals surface area contributed by atoms with Gasteiger partial charge in [-0.2, -0.15) is 0 Å². The summed E-state index contributed by atoms with van der Waals surface area (Å²) in [5.74, 6) is -1.95. The van der Waals surface area contributed by atoms with E-state index in [4.69, 9.17) is 0 Å². The molecule has 2 N–H and O–H groups in total. The van der Waals surface area contributed by atoms with Crippen LogP contribution in [0.15, 0.2) is 55.0 Å². The number of nitrogens with one attached hydrogen (secondary N) is 1. The highest BCUT2D eigenvalue weighted by Gasteiger charge is 2.18. The summed E-state index contributed by atoms with van der Waals surface area (Å²) in [6, 6.07) is 9.03. The zero-order chi connectivity index (χ0) is 20.5. The number of carbonyl (C=O) groups is 2. The summed E-state index contributed by atoms with van der Waals surface area (Å²) < 4.78 is 14.8. The highest BCUT2D eigenvalue weighted by Crippen LogP contribution is 2.22. The van der Waals surface area contributed by atoms with E-state index >= 15 is 0 Å². The average Bonchev–Trinajstić information content (AvgIpc) is 3.06. The van der Waals surface area contributed by atoms with Crippen molar-refractivity contribution >= 4 is 22.8 Å². The van der Waals surface area contributed by atoms with Gasteiger partial charge in [0.25, 0.3) is 5.91 Å². The Balaban J connectivity index is 1.67. The third-order valence-corrected chi connectivity index (χ3v) is 4.34. The molecular weight excluding hydrogens is 377 g/mol. The van der Waals surface area contributed by atoms with Crippen molar-refractivity contribution in [3.63, 3.8) is 0 Å². The molecule has 0 saturated carbocycles. The van der Waals surface area contributed by atoms with E-state index in [9.17, 15) is 19.1 Å². The average molecular weight is 391 g/mol. The van der Waals surface area contributed by atoms with Gasteiger partial charge in [0.05, 0.1) is 22.3 Å². The smallest absolute Gasteiger partial charge is 0.337 e. The molecule has 0 bridgehead atoms. The number of pyridine rings is 1. The van der Waals surface area contributed by atoms with Crippen LogP contribution in [0.5, 0.6) is 0 Å². The molecule has 1 aromatic carbocycles. The van der Waals surface area contributed by atoms with Crippen molar-refractivity contribution in [2.45, 2.75) is 6.92 Å². The molecule has 4 aromatic rings. The molecule has 3 heterocycles. The van der Waals surface area contributed by atoms with Crippen molar-refractivity contribution in [2.24, 2.45) is 0 Å². The van der Waals surface area contributed by atoms with Crippen molar-refractivity contribution < 1.29 is 19.1 Å². The monoisotopic (exact) mass is 391 g/mol. The predicted octanol–water partition coefficient (Wildman–Crippen LogP) is 3.02. The van der Waals surface area contributed by atoms with Crippen molar-refractivity contribution in [3.8, 4) is 11.5 Å². The van der Waals surface area contributed by atoms with E-state index in [0.717, 1.165) is 6.07 Å². The molecule has 1 amide bonds. The summed E-state index contributed by atoms with van der Waals surface area (Å²) in [6.45, 7) is 1.66. The summed E-state index contributed by atoms with van der Waals surface area (Å²) in [7, 11) is 0. The highest BCUT2D eigenvalue weighted by atomic mass is 19.1. The Labute approximate surface area is 163 Å². The van der Waals surface area contributed by atoms with Crippen molar-refractivity contribution in [3.05, 3.63) is 77.6 Å². The zero-order valence-corrected chi connectivity index (χ0v) is 15.1. The predicted molar refractivity (Wildman–Crippen MR) is 103 cm³/mol. The first-order valence-electron chi connectivity index (χ1n) is 8.54. The molecule has 144 valence electrons. The number of carboxylic acid groups (broad SMARTS) is 1. The van der Waals surface area contributed by atoms with Crippen molar-refractivity contribution in [1.82, 2.24) is 19.6 Å². The second-order valence-corrected chi connectivity index (χ2v) is 6.23. The second-order valence-electron chi connectivity index (χ2n) is 6.23. The SMILES string of the molecule is Cc1nc(-c2ccccn2)ncc1C(=O)Nn1cc(C(=O)O)c2cc(F)ccc21. The maximum absolute atomic E-state index is 13.5. The van der Waals surface area contributed by atoms with E-state index in [0.29, 0.717) is 22.7 Å². The van der Waals surface area contributed by atoms with Gasteiger partial charge in [0.1, 0.15) is 11.5 Å². The van der Waals surface area contributed by atoms with Crippen LogP contribution < -0.4 is 5.43 Å². The van der Waals surface area contributed by atoms with Crippen LogP contribution in [0.2, 0.25) is 0 Å². The maximum Gasteiger partial charge on any atom is 0.337 e. The summed E-state index contributed by atoms with van der Waals surface area (Å²) in [5, 5.41) is 9.52. The van der Waals surface area contributed by atoms with Gasteiger partial charge in [-0.3, -0.25) is 19.9 Å². The van der Waals surface area contributed by atoms with Gasteiger partial charge in [0, 0.05) is 24.0 Å². The summed E-state index contributed by atoms with van der Waals surface area (Å²) in [4.78, 5) is 36.9. The lowest BCUT2D eigenvalue weighted by Crippen LogP contribution is -2.23. The quantitative estimate of drug-likeness (QED) is 0.553. The Morgan fingerprint density at radius 3 is 2.66 bits per heavy atom. The van der Waals surface area contributed by atoms with Crippen LogP contribution in [-0.2, 0) is 0 Å². The van der Waals surface area contributed by atoms with E-state index in [-0.39, 0.29) is 16.5 Å². The summed E-state index contributed by atoms with van der Waals surface area (Å²) in [6.07, 6.45) is 4.22. The lowest BCUT2D eigenvalue weighted by Gasteiger charge is -2.10. The molecule has 29 heavy (non-hydrogen) atoms. The number of carboxylic acids is 1. The topological polar surface area (TPSA) is 110 Å². The maximum atomic E-state index is 13.5. The van der Waals surface area contributed by atoms with Crippen LogP contribution in [0.4, 0.5) is 4.39 Å². The largest absolute Gasteiger partial charge is 0.478 e. The number of halogens is 1. The Hall–Kier alpha value is -4.14. The van der Waals surface area contributed by atoms with Gasteiger partial charge in [-0.05, 0) is 37.3 Å². The van der Waals surface area contributed by atoms with Gasteiger partial charge in [-0.1, -0.05) is 6.07 Å². The van der Waals surface area contributed by atoms with Gasteiger partial charge in [-0.25, -0.2) is 19.2 Å². The van der Waals surface area contributed by atoms with Crippen LogP contribution in [0.3, 0.4) is 0 Å². The minimum absolute atomic E-state index is 0.127. The van der Waals surface area contributed by atoms with Crippen LogP contribution in [0.25, 0.3) is 22.4 Å². The molecule has 0 saturated heterocycles. The molecular formula is C20H14FN5O3. The molecule has 0 radical (unpaired) electrons. The molecule has 0 aliphatic rings. The van der Waals surface area contributed by atoms with E-state index in [1.54, 1.807) is 25.3 Å². The summed E-state index contributed by atoms with van der Waals surface area (Å²) in [5.41, 5.74) is 4.03. The number of fused-ring (bicyclic) bond motifs is 1. The number of rotatable bonds is 4. The standard InChI is InChI=1S/C20H14FN5O3/c1-11-14(9-23-18(24-11)16-4-2-3-7-22-16)19(27)25-26-10-15(20(28)29)13-8-12(21)5-6-17(13)26/h2-10H,1H3,(H,25,27)(H,28,29). The third-order valence-electron chi connectivity index (χ3n) is 4.34. The number of aromatic carboxylic acids is 1. The number of hydrogen-bond acceptors (Lipinski definition) is 5. The Morgan fingerprint density at radius 1 is 1.14 bits per heavy atom. The first-order chi connectivity index (χ1) is 13.9. The normalized spacial score (nSPS) is 10.8. The molecule has 4 rings (SSSR count). The van der Waals surface area contributed by atoms with Crippen LogP contribution in [-0.4, -0.2) is 36.6 Å². The number of benzene rings is 1. The van der Waals surface area contributed by atoms with E-state index in [1.165, 1.54) is 29.2 Å². The highest BCUT2D eigenvalue weighted by molar-refractivity contribution is 6.06. The fourth-order valence-corrected chi connectivity index (χ4v) is 2.94. The van der Waals surface area contributed by atoms with Gasteiger partial charge >= 0.3 is 5.97 Å². The van der Waals surface area contributed by atoms with Crippen molar-refractivity contribution in [1.29, 1.82) is 0 Å². The lowest BCUT2D eigenvalue weighted by atomic mass is 10.2. The van der Waals surface area contributed by atoms with E-state index in [1.807, 2.05) is 6.07 Å². The lowest BCUT2D eigenvalue weighted by molar-refractivity contribution is 0.0698. The summed E-state index contributed by atoms with van der Waals surface area (Å²) >= 11 is 0. The number of amides is 1. The zero-order valence-electron chi connectivity index (χ0n) is 15.1. The number of carbonyl (C=O) groups excluding carboxylic acids is 1. The number of nitrogens with zero attached hydrogens (tertiary/aromatic N) is 4. The molecule has 0 fully saturated rings. The van der Waals surface area contributed by atoms with Crippen LogP contribution >= 0.6 is 0 Å². The van der Waals surface area contributed by atoms with Crippen molar-refractivity contribution in [2.75, 3.05) is 5.43 Å². The molecule has 9 heteroatoms. The molecule has 3 aromatic heterocycles. The van der Waals surface area contributed by atoms with Gasteiger partial charge in [-0.15, -0.1) is 0 Å². The van der Waals surface area contributed by atoms with Gasteiger partial charge in [0.2, 0.25) is 0 Å². The molecule has 0 aliphatic carbocycles. The minimum Gasteiger partial charge on any atom is -0.478 e. The molecule has 0 spiro atoms. The number of hydrogen-bond donors (Lipinski definition) is 2. The van der Waals surface area contributed by atoms with Gasteiger partial charge < -0.3 is 5.11 Å². The molecule has 8 nitrogen and oxygen atoms in total. The molecule has 0 aliphatic heterocycles. The Kier molecular flexibility index (Phi) is 4.47. The molecule has 0 unspecified atom stereocenters.